The molecule has 0 fully saturated rings. The third-order valence-electron chi connectivity index (χ3n) is 1.93. The van der Waals surface area contributed by atoms with Crippen LogP contribution in [-0.2, 0) is 16.2 Å². The highest BCUT2D eigenvalue weighted by Gasteiger charge is 1.97. The minimum Gasteiger partial charge on any atom is -0.497 e. The average molecular weight is 300 g/mol. The van der Waals surface area contributed by atoms with Gasteiger partial charge in [0.2, 0.25) is 0 Å². The smallest absolute Gasteiger partial charge is 0.267 e. The van der Waals surface area contributed by atoms with Crippen LogP contribution in [0.2, 0.25) is 0 Å². The molecule has 0 unspecified atom stereocenters. The van der Waals surface area contributed by atoms with Gasteiger partial charge in [-0.1, -0.05) is 34.1 Å². The number of amides is 1. The number of alkyl halides is 1. The predicted octanol–water partition coefficient (Wildman–Crippen LogP) is 2.19. The fourth-order valence-corrected chi connectivity index (χ4v) is 1.28. The molecule has 0 aliphatic carbocycles. The molecular formula is C12H14BrNO3. The van der Waals surface area contributed by atoms with Crippen LogP contribution in [0.1, 0.15) is 5.56 Å². The van der Waals surface area contributed by atoms with Crippen molar-refractivity contribution in [1.82, 2.24) is 5.48 Å². The third kappa shape index (κ3) is 5.51. The number of hydrogen-bond acceptors (Lipinski definition) is 3. The summed E-state index contributed by atoms with van der Waals surface area (Å²) in [4.78, 5) is 16.2. The van der Waals surface area contributed by atoms with Crippen molar-refractivity contribution in [1.29, 1.82) is 0 Å². The number of nitrogens with one attached hydrogen (secondary N) is 1. The molecule has 1 aromatic carbocycles. The number of carbonyl (C=O) groups excluding carboxylic acids is 1. The van der Waals surface area contributed by atoms with E-state index in [-0.39, 0.29) is 5.91 Å². The van der Waals surface area contributed by atoms with Gasteiger partial charge in [0, 0.05) is 11.4 Å². The average Bonchev–Trinajstić information content (AvgIpc) is 2.37. The van der Waals surface area contributed by atoms with Crippen molar-refractivity contribution in [3.63, 3.8) is 0 Å². The van der Waals surface area contributed by atoms with Crippen LogP contribution in [-0.4, -0.2) is 18.3 Å². The van der Waals surface area contributed by atoms with Crippen molar-refractivity contribution in [2.45, 2.75) is 6.61 Å². The zero-order valence-electron chi connectivity index (χ0n) is 9.48. The van der Waals surface area contributed by atoms with E-state index in [0.717, 1.165) is 11.3 Å². The number of benzene rings is 1. The van der Waals surface area contributed by atoms with Crippen LogP contribution in [0.3, 0.4) is 0 Å². The zero-order valence-corrected chi connectivity index (χ0v) is 11.1. The lowest BCUT2D eigenvalue weighted by molar-refractivity contribution is -0.129. The van der Waals surface area contributed by atoms with Gasteiger partial charge in [0.1, 0.15) is 5.75 Å². The van der Waals surface area contributed by atoms with Gasteiger partial charge in [-0.25, -0.2) is 5.48 Å². The summed E-state index contributed by atoms with van der Waals surface area (Å²) in [6.45, 7) is 0.317. The second kappa shape index (κ2) is 7.86. The first-order valence-corrected chi connectivity index (χ1v) is 6.15. The maximum absolute atomic E-state index is 11.1. The SMILES string of the molecule is COc1ccc(CONC(=O)C=CCBr)cc1. The van der Waals surface area contributed by atoms with Crippen LogP contribution < -0.4 is 10.2 Å². The Kier molecular flexibility index (Phi) is 6.35. The van der Waals surface area contributed by atoms with Gasteiger partial charge in [0.25, 0.3) is 5.91 Å². The van der Waals surface area contributed by atoms with Crippen molar-refractivity contribution in [2.24, 2.45) is 0 Å². The number of methoxy groups -OCH3 is 1. The van der Waals surface area contributed by atoms with Gasteiger partial charge in [-0.2, -0.15) is 0 Å². The number of hydroxylamine groups is 1. The second-order valence-electron chi connectivity index (χ2n) is 3.16. The van der Waals surface area contributed by atoms with Crippen LogP contribution in [0.5, 0.6) is 5.75 Å². The predicted molar refractivity (Wildman–Crippen MR) is 68.9 cm³/mol. The van der Waals surface area contributed by atoms with Gasteiger partial charge in [-0.3, -0.25) is 9.63 Å². The Labute approximate surface area is 109 Å². The van der Waals surface area contributed by atoms with Gasteiger partial charge in [-0.15, -0.1) is 0 Å². The second-order valence-corrected chi connectivity index (χ2v) is 3.81. The standard InChI is InChI=1S/C12H14BrNO3/c1-16-11-6-4-10(5-7-11)9-17-14-12(15)3-2-8-13/h2-7H,8-9H2,1H3,(H,14,15). The number of rotatable bonds is 6. The number of ether oxygens (including phenoxy) is 1. The minimum atomic E-state index is -0.280. The molecule has 0 heterocycles. The zero-order chi connectivity index (χ0) is 12.5. The van der Waals surface area contributed by atoms with Gasteiger partial charge >= 0.3 is 0 Å². The van der Waals surface area contributed by atoms with Crippen LogP contribution >= 0.6 is 15.9 Å². The lowest BCUT2D eigenvalue weighted by Gasteiger charge is -2.04. The normalized spacial score (nSPS) is 10.5. The Bertz CT molecular complexity index is 376. The summed E-state index contributed by atoms with van der Waals surface area (Å²) in [5, 5.41) is 0.638. The first kappa shape index (κ1) is 13.7. The molecule has 0 saturated heterocycles. The highest BCUT2D eigenvalue weighted by atomic mass is 79.9. The highest BCUT2D eigenvalue weighted by molar-refractivity contribution is 9.09. The number of hydrogen-bond donors (Lipinski definition) is 1. The Morgan fingerprint density at radius 3 is 2.71 bits per heavy atom. The molecule has 92 valence electrons. The Morgan fingerprint density at radius 2 is 2.12 bits per heavy atom. The molecule has 0 atom stereocenters. The molecule has 0 radical (unpaired) electrons. The first-order valence-electron chi connectivity index (χ1n) is 5.03. The largest absolute Gasteiger partial charge is 0.497 e. The number of carbonyl (C=O) groups is 1. The Morgan fingerprint density at radius 1 is 1.41 bits per heavy atom. The molecule has 0 spiro atoms. The van der Waals surface area contributed by atoms with Crippen molar-refractivity contribution in [2.75, 3.05) is 12.4 Å². The summed E-state index contributed by atoms with van der Waals surface area (Å²) in [5.74, 6) is 0.510. The van der Waals surface area contributed by atoms with Gasteiger partial charge < -0.3 is 4.74 Å². The van der Waals surface area contributed by atoms with E-state index in [9.17, 15) is 4.79 Å². The van der Waals surface area contributed by atoms with Crippen LogP contribution in [0.4, 0.5) is 0 Å². The Hall–Kier alpha value is -1.33. The van der Waals surface area contributed by atoms with E-state index in [1.54, 1.807) is 13.2 Å². The van der Waals surface area contributed by atoms with Crippen molar-refractivity contribution >= 4 is 21.8 Å². The molecule has 0 saturated carbocycles. The van der Waals surface area contributed by atoms with Crippen molar-refractivity contribution in [3.05, 3.63) is 42.0 Å². The molecule has 0 bridgehead atoms. The fraction of sp³-hybridized carbons (Fsp3) is 0.250. The maximum atomic E-state index is 11.1. The molecule has 0 aromatic heterocycles. The number of allylic oxidation sites excluding steroid dienone is 1. The van der Waals surface area contributed by atoms with Crippen LogP contribution in [0, 0.1) is 0 Å². The molecule has 1 rings (SSSR count). The van der Waals surface area contributed by atoms with E-state index in [1.807, 2.05) is 24.3 Å². The van der Waals surface area contributed by atoms with Gasteiger partial charge in [0.15, 0.2) is 0 Å². The third-order valence-corrected chi connectivity index (χ3v) is 2.30. The van der Waals surface area contributed by atoms with Crippen LogP contribution in [0.15, 0.2) is 36.4 Å². The summed E-state index contributed by atoms with van der Waals surface area (Å²) in [6, 6.07) is 7.43. The summed E-state index contributed by atoms with van der Waals surface area (Å²) >= 11 is 3.18. The number of halogens is 1. The minimum absolute atomic E-state index is 0.280. The Balaban J connectivity index is 2.30. The summed E-state index contributed by atoms with van der Waals surface area (Å²) in [5.41, 5.74) is 3.27. The van der Waals surface area contributed by atoms with Gasteiger partial charge in [0.05, 0.1) is 13.7 Å². The molecule has 1 aromatic rings. The molecule has 1 amide bonds. The summed E-state index contributed by atoms with van der Waals surface area (Å²) < 4.78 is 5.03. The van der Waals surface area contributed by atoms with Crippen LogP contribution in [0.25, 0.3) is 0 Å². The highest BCUT2D eigenvalue weighted by Crippen LogP contribution is 2.11. The van der Waals surface area contributed by atoms with E-state index in [4.69, 9.17) is 9.57 Å². The van der Waals surface area contributed by atoms with Crippen molar-refractivity contribution in [3.8, 4) is 5.75 Å². The molecule has 5 heteroatoms. The summed E-state index contributed by atoms with van der Waals surface area (Å²) in [6.07, 6.45) is 3.09. The molecule has 0 aliphatic rings. The van der Waals surface area contributed by atoms with E-state index in [1.165, 1.54) is 6.08 Å². The van der Waals surface area contributed by atoms with E-state index < -0.39 is 0 Å². The topological polar surface area (TPSA) is 47.6 Å². The monoisotopic (exact) mass is 299 g/mol. The maximum Gasteiger partial charge on any atom is 0.267 e. The first-order chi connectivity index (χ1) is 8.26. The van der Waals surface area contributed by atoms with E-state index in [0.29, 0.717) is 11.9 Å². The van der Waals surface area contributed by atoms with Gasteiger partial charge in [-0.05, 0) is 17.7 Å². The molecule has 0 aliphatic heterocycles. The van der Waals surface area contributed by atoms with E-state index in [2.05, 4.69) is 21.4 Å². The van der Waals surface area contributed by atoms with Crippen molar-refractivity contribution < 1.29 is 14.4 Å². The lowest BCUT2D eigenvalue weighted by atomic mass is 10.2. The molecular weight excluding hydrogens is 286 g/mol. The van der Waals surface area contributed by atoms with E-state index >= 15 is 0 Å². The molecule has 1 N–H and O–H groups in total. The molecule has 17 heavy (non-hydrogen) atoms. The fourth-order valence-electron chi connectivity index (χ4n) is 1.10. The summed E-state index contributed by atoms with van der Waals surface area (Å²) in [7, 11) is 1.61. The molecule has 4 nitrogen and oxygen atoms in total. The quantitative estimate of drug-likeness (QED) is 0.498. The lowest BCUT2D eigenvalue weighted by Crippen LogP contribution is -2.21.